The van der Waals surface area contributed by atoms with E-state index in [-0.39, 0.29) is 18.0 Å². The molecular weight excluding hydrogens is 268 g/mol. The quantitative estimate of drug-likeness (QED) is 0.843. The number of para-hydroxylation sites is 2. The predicted molar refractivity (Wildman–Crippen MR) is 81.3 cm³/mol. The third-order valence-corrected chi connectivity index (χ3v) is 2.68. The van der Waals surface area contributed by atoms with Gasteiger partial charge in [0.25, 0.3) is 5.91 Å². The standard InChI is InChI=1S/C16H14N2O3/c19-14-7-3-1-5-12(14)9-17-11-16(21)18-10-13-6-2-4-8-15(13)20/h1-10,19-20H,11H2. The van der Waals surface area contributed by atoms with Crippen LogP contribution in [0.4, 0.5) is 0 Å². The molecule has 2 rings (SSSR count). The highest BCUT2D eigenvalue weighted by molar-refractivity contribution is 5.95. The third-order valence-electron chi connectivity index (χ3n) is 2.68. The molecule has 0 saturated heterocycles. The number of nitrogens with zero attached hydrogens (tertiary/aromatic N) is 2. The van der Waals surface area contributed by atoms with Gasteiger partial charge in [-0.05, 0) is 24.3 Å². The van der Waals surface area contributed by atoms with Crippen LogP contribution < -0.4 is 0 Å². The summed E-state index contributed by atoms with van der Waals surface area (Å²) in [6.45, 7) is -0.127. The highest BCUT2D eigenvalue weighted by Gasteiger charge is 1.99. The molecular formula is C16H14N2O3. The van der Waals surface area contributed by atoms with Gasteiger partial charge in [-0.2, -0.15) is 0 Å². The van der Waals surface area contributed by atoms with E-state index in [4.69, 9.17) is 0 Å². The molecule has 106 valence electrons. The molecule has 2 N–H and O–H groups in total. The van der Waals surface area contributed by atoms with Gasteiger partial charge in [0.15, 0.2) is 0 Å². The Morgan fingerprint density at radius 3 is 2.00 bits per heavy atom. The molecule has 0 saturated carbocycles. The van der Waals surface area contributed by atoms with E-state index >= 15 is 0 Å². The summed E-state index contributed by atoms with van der Waals surface area (Å²) in [5.74, 6) is -0.275. The predicted octanol–water partition coefficient (Wildman–Crippen LogP) is 2.16. The fourth-order valence-electron chi connectivity index (χ4n) is 1.60. The molecule has 5 heteroatoms. The van der Waals surface area contributed by atoms with Crippen molar-refractivity contribution in [2.45, 2.75) is 0 Å². The number of carbonyl (C=O) groups is 1. The number of aliphatic imine (C=N–C) groups is 2. The molecule has 21 heavy (non-hydrogen) atoms. The van der Waals surface area contributed by atoms with Gasteiger partial charge in [0.2, 0.25) is 0 Å². The number of hydrogen-bond acceptors (Lipinski definition) is 4. The summed E-state index contributed by atoms with van der Waals surface area (Å²) in [4.78, 5) is 19.2. The number of rotatable bonds is 4. The topological polar surface area (TPSA) is 82.2 Å². The first kappa shape index (κ1) is 14.5. The van der Waals surface area contributed by atoms with Crippen LogP contribution in [0.2, 0.25) is 0 Å². The van der Waals surface area contributed by atoms with Crippen LogP contribution in [0.25, 0.3) is 0 Å². The van der Waals surface area contributed by atoms with Crippen molar-refractivity contribution < 1.29 is 15.0 Å². The number of phenols is 2. The van der Waals surface area contributed by atoms with Crippen molar-refractivity contribution in [3.05, 3.63) is 59.7 Å². The zero-order valence-corrected chi connectivity index (χ0v) is 11.2. The van der Waals surface area contributed by atoms with E-state index in [9.17, 15) is 15.0 Å². The third kappa shape index (κ3) is 4.28. The Hall–Kier alpha value is -2.95. The smallest absolute Gasteiger partial charge is 0.267 e. The van der Waals surface area contributed by atoms with Crippen LogP contribution in [-0.2, 0) is 4.79 Å². The van der Waals surface area contributed by atoms with Gasteiger partial charge >= 0.3 is 0 Å². The molecule has 0 fully saturated rings. The van der Waals surface area contributed by atoms with Gasteiger partial charge in [-0.1, -0.05) is 24.3 Å². The minimum absolute atomic E-state index is 0.0618. The second kappa shape index (κ2) is 7.00. The van der Waals surface area contributed by atoms with Crippen molar-refractivity contribution in [3.8, 4) is 11.5 Å². The Morgan fingerprint density at radius 2 is 1.43 bits per heavy atom. The minimum Gasteiger partial charge on any atom is -0.507 e. The van der Waals surface area contributed by atoms with E-state index in [1.54, 1.807) is 42.5 Å². The lowest BCUT2D eigenvalue weighted by atomic mass is 10.2. The molecule has 2 aromatic carbocycles. The van der Waals surface area contributed by atoms with Gasteiger partial charge in [-0.15, -0.1) is 0 Å². The van der Waals surface area contributed by atoms with Crippen LogP contribution in [-0.4, -0.2) is 35.1 Å². The average Bonchev–Trinajstić information content (AvgIpc) is 2.48. The Kier molecular flexibility index (Phi) is 4.82. The molecule has 0 bridgehead atoms. The normalized spacial score (nSPS) is 11.2. The van der Waals surface area contributed by atoms with Gasteiger partial charge in [-0.3, -0.25) is 9.79 Å². The van der Waals surface area contributed by atoms with Crippen molar-refractivity contribution in [3.63, 3.8) is 0 Å². The summed E-state index contributed by atoms with van der Waals surface area (Å²) in [6.07, 6.45) is 2.72. The molecule has 0 spiro atoms. The number of benzene rings is 2. The number of carbonyl (C=O) groups excluding carboxylic acids is 1. The molecule has 2 aromatic rings. The SMILES string of the molecule is O=C(CN=Cc1ccccc1O)N=Cc1ccccc1O. The monoisotopic (exact) mass is 282 g/mol. The molecule has 0 aromatic heterocycles. The second-order valence-electron chi connectivity index (χ2n) is 4.24. The number of aromatic hydroxyl groups is 2. The van der Waals surface area contributed by atoms with Gasteiger partial charge in [0.1, 0.15) is 18.0 Å². The van der Waals surface area contributed by atoms with Crippen LogP contribution in [0.1, 0.15) is 11.1 Å². The first-order valence-electron chi connectivity index (χ1n) is 6.29. The van der Waals surface area contributed by atoms with E-state index in [0.717, 1.165) is 0 Å². The zero-order valence-electron chi connectivity index (χ0n) is 11.2. The Labute approximate surface area is 121 Å². The lowest BCUT2D eigenvalue weighted by molar-refractivity contribution is -0.116. The molecule has 0 aliphatic heterocycles. The maximum Gasteiger partial charge on any atom is 0.267 e. The molecule has 0 aliphatic rings. The summed E-state index contributed by atoms with van der Waals surface area (Å²) in [5.41, 5.74) is 1.01. The lowest BCUT2D eigenvalue weighted by Gasteiger charge is -1.97. The van der Waals surface area contributed by atoms with Crippen molar-refractivity contribution in [1.82, 2.24) is 0 Å². The Morgan fingerprint density at radius 1 is 0.905 bits per heavy atom. The number of hydrogen-bond donors (Lipinski definition) is 2. The van der Waals surface area contributed by atoms with Crippen molar-refractivity contribution >= 4 is 18.3 Å². The van der Waals surface area contributed by atoms with Gasteiger partial charge < -0.3 is 10.2 Å². The van der Waals surface area contributed by atoms with Crippen LogP contribution in [0.5, 0.6) is 11.5 Å². The van der Waals surface area contributed by atoms with Gasteiger partial charge in [-0.25, -0.2) is 4.99 Å². The Bertz CT molecular complexity index is 693. The van der Waals surface area contributed by atoms with Crippen molar-refractivity contribution in [1.29, 1.82) is 0 Å². The minimum atomic E-state index is -0.440. The van der Waals surface area contributed by atoms with E-state index < -0.39 is 5.91 Å². The van der Waals surface area contributed by atoms with Crippen LogP contribution in [0.15, 0.2) is 58.5 Å². The van der Waals surface area contributed by atoms with E-state index in [1.165, 1.54) is 18.5 Å². The largest absolute Gasteiger partial charge is 0.507 e. The molecule has 1 amide bonds. The van der Waals surface area contributed by atoms with Gasteiger partial charge in [0, 0.05) is 23.6 Å². The number of amides is 1. The first-order chi connectivity index (χ1) is 10.2. The average molecular weight is 282 g/mol. The summed E-state index contributed by atoms with van der Waals surface area (Å²) in [5, 5.41) is 19.0. The zero-order chi connectivity index (χ0) is 15.1. The molecule has 0 heterocycles. The van der Waals surface area contributed by atoms with E-state index in [0.29, 0.717) is 11.1 Å². The molecule has 5 nitrogen and oxygen atoms in total. The summed E-state index contributed by atoms with van der Waals surface area (Å²) >= 11 is 0. The molecule has 0 atom stereocenters. The first-order valence-corrected chi connectivity index (χ1v) is 6.29. The lowest BCUT2D eigenvalue weighted by Crippen LogP contribution is -1.99. The highest BCUT2D eigenvalue weighted by atomic mass is 16.3. The van der Waals surface area contributed by atoms with E-state index in [1.807, 2.05) is 0 Å². The molecule has 0 aliphatic carbocycles. The van der Waals surface area contributed by atoms with Crippen LogP contribution in [0, 0.1) is 0 Å². The maximum absolute atomic E-state index is 11.5. The van der Waals surface area contributed by atoms with Gasteiger partial charge in [0.05, 0.1) is 0 Å². The van der Waals surface area contributed by atoms with Crippen molar-refractivity contribution in [2.75, 3.05) is 6.54 Å². The second-order valence-corrected chi connectivity index (χ2v) is 4.24. The van der Waals surface area contributed by atoms with Crippen LogP contribution in [0.3, 0.4) is 0 Å². The summed E-state index contributed by atoms with van der Waals surface area (Å²) < 4.78 is 0. The maximum atomic E-state index is 11.5. The summed E-state index contributed by atoms with van der Waals surface area (Å²) in [6, 6.07) is 13.3. The fourth-order valence-corrected chi connectivity index (χ4v) is 1.60. The van der Waals surface area contributed by atoms with E-state index in [2.05, 4.69) is 9.98 Å². The highest BCUT2D eigenvalue weighted by Crippen LogP contribution is 2.13. The van der Waals surface area contributed by atoms with Crippen LogP contribution >= 0.6 is 0 Å². The molecule has 0 radical (unpaired) electrons. The number of phenolic OH excluding ortho intramolecular Hbond substituents is 2. The summed E-state index contributed by atoms with van der Waals surface area (Å²) in [7, 11) is 0. The fraction of sp³-hybridized carbons (Fsp3) is 0.0625. The van der Waals surface area contributed by atoms with Crippen molar-refractivity contribution in [2.24, 2.45) is 9.98 Å². The molecule has 0 unspecified atom stereocenters. The Balaban J connectivity index is 1.94.